The number of β-amino-alcohol motifs (C(OH)–C–C–N with tert-alkyl or cyclic N) is 1. The third kappa shape index (κ3) is 2.27. The zero-order valence-corrected chi connectivity index (χ0v) is 11.3. The summed E-state index contributed by atoms with van der Waals surface area (Å²) in [7, 11) is 0. The third-order valence-electron chi connectivity index (χ3n) is 4.14. The SMILES string of the molecule is CC1(C)CN(Cc2ccccc2C#N)C[C@]1(C)O. The Bertz CT molecular complexity index is 470. The van der Waals surface area contributed by atoms with Crippen LogP contribution >= 0.6 is 0 Å². The van der Waals surface area contributed by atoms with Gasteiger partial charge in [0.05, 0.1) is 17.2 Å². The van der Waals surface area contributed by atoms with Crippen LogP contribution in [-0.2, 0) is 6.54 Å². The minimum atomic E-state index is -0.672. The second-order valence-corrected chi connectivity index (χ2v) is 6.07. The van der Waals surface area contributed by atoms with Crippen LogP contribution in [0.2, 0.25) is 0 Å². The number of aliphatic hydroxyl groups is 1. The molecule has 0 amide bonds. The fraction of sp³-hybridized carbons (Fsp3) is 0.533. The lowest BCUT2D eigenvalue weighted by atomic mass is 9.79. The van der Waals surface area contributed by atoms with Crippen molar-refractivity contribution < 1.29 is 5.11 Å². The summed E-state index contributed by atoms with van der Waals surface area (Å²) >= 11 is 0. The molecule has 1 aromatic rings. The molecule has 0 aliphatic carbocycles. The highest BCUT2D eigenvalue weighted by molar-refractivity contribution is 5.37. The van der Waals surface area contributed by atoms with Crippen LogP contribution in [0.1, 0.15) is 31.9 Å². The molecule has 3 nitrogen and oxygen atoms in total. The Morgan fingerprint density at radius 1 is 1.28 bits per heavy atom. The molecule has 1 N–H and O–H groups in total. The van der Waals surface area contributed by atoms with E-state index in [0.717, 1.165) is 24.2 Å². The first-order valence-corrected chi connectivity index (χ1v) is 6.28. The highest BCUT2D eigenvalue weighted by Crippen LogP contribution is 2.38. The summed E-state index contributed by atoms with van der Waals surface area (Å²) < 4.78 is 0. The second-order valence-electron chi connectivity index (χ2n) is 6.07. The molecule has 0 radical (unpaired) electrons. The third-order valence-corrected chi connectivity index (χ3v) is 4.14. The van der Waals surface area contributed by atoms with Crippen molar-refractivity contribution in [3.05, 3.63) is 35.4 Å². The van der Waals surface area contributed by atoms with Crippen LogP contribution in [0.5, 0.6) is 0 Å². The van der Waals surface area contributed by atoms with Crippen molar-refractivity contribution in [2.24, 2.45) is 5.41 Å². The van der Waals surface area contributed by atoms with Gasteiger partial charge in [-0.15, -0.1) is 0 Å². The predicted octanol–water partition coefficient (Wildman–Crippen LogP) is 2.15. The molecular weight excluding hydrogens is 224 g/mol. The van der Waals surface area contributed by atoms with Crippen molar-refractivity contribution in [3.63, 3.8) is 0 Å². The van der Waals surface area contributed by atoms with E-state index in [1.165, 1.54) is 0 Å². The Kier molecular flexibility index (Phi) is 3.18. The molecule has 0 aromatic heterocycles. The maximum atomic E-state index is 10.4. The van der Waals surface area contributed by atoms with Crippen LogP contribution < -0.4 is 0 Å². The molecule has 1 aliphatic rings. The van der Waals surface area contributed by atoms with E-state index < -0.39 is 5.60 Å². The number of nitrogens with zero attached hydrogens (tertiary/aromatic N) is 2. The Morgan fingerprint density at radius 3 is 2.50 bits per heavy atom. The summed E-state index contributed by atoms with van der Waals surface area (Å²) in [5.74, 6) is 0. The number of hydrogen-bond donors (Lipinski definition) is 1. The Labute approximate surface area is 109 Å². The molecule has 1 aromatic carbocycles. The molecule has 1 aliphatic heterocycles. The van der Waals surface area contributed by atoms with Gasteiger partial charge < -0.3 is 5.11 Å². The molecule has 96 valence electrons. The molecule has 1 heterocycles. The van der Waals surface area contributed by atoms with Gasteiger partial charge in [0.15, 0.2) is 0 Å². The van der Waals surface area contributed by atoms with Gasteiger partial charge in [-0.3, -0.25) is 4.90 Å². The first kappa shape index (κ1) is 13.1. The van der Waals surface area contributed by atoms with Gasteiger partial charge in [-0.1, -0.05) is 32.0 Å². The van der Waals surface area contributed by atoms with Gasteiger partial charge in [0.1, 0.15) is 0 Å². The van der Waals surface area contributed by atoms with E-state index in [0.29, 0.717) is 6.54 Å². The van der Waals surface area contributed by atoms with Gasteiger partial charge in [0.25, 0.3) is 0 Å². The van der Waals surface area contributed by atoms with Crippen molar-refractivity contribution in [2.75, 3.05) is 13.1 Å². The average molecular weight is 244 g/mol. The first-order chi connectivity index (χ1) is 8.36. The van der Waals surface area contributed by atoms with E-state index in [2.05, 4.69) is 24.8 Å². The summed E-state index contributed by atoms with van der Waals surface area (Å²) in [5.41, 5.74) is 0.971. The molecular formula is C15H20N2O. The molecule has 18 heavy (non-hydrogen) atoms. The number of nitriles is 1. The second kappa shape index (κ2) is 4.38. The number of rotatable bonds is 2. The van der Waals surface area contributed by atoms with Gasteiger partial charge in [-0.2, -0.15) is 5.26 Å². The van der Waals surface area contributed by atoms with E-state index in [-0.39, 0.29) is 5.41 Å². The lowest BCUT2D eigenvalue weighted by Gasteiger charge is -2.31. The number of likely N-dealkylation sites (tertiary alicyclic amines) is 1. The van der Waals surface area contributed by atoms with Gasteiger partial charge >= 0.3 is 0 Å². The molecule has 1 saturated heterocycles. The van der Waals surface area contributed by atoms with E-state index in [1.807, 2.05) is 31.2 Å². The lowest BCUT2D eigenvalue weighted by Crippen LogP contribution is -2.40. The largest absolute Gasteiger partial charge is 0.388 e. The highest BCUT2D eigenvalue weighted by atomic mass is 16.3. The van der Waals surface area contributed by atoms with Gasteiger partial charge in [0, 0.05) is 25.0 Å². The summed E-state index contributed by atoms with van der Waals surface area (Å²) in [5, 5.41) is 19.5. The van der Waals surface area contributed by atoms with Crippen molar-refractivity contribution in [2.45, 2.75) is 32.9 Å². The molecule has 1 atom stereocenters. The Morgan fingerprint density at radius 2 is 1.94 bits per heavy atom. The van der Waals surface area contributed by atoms with Crippen LogP contribution in [0.25, 0.3) is 0 Å². The van der Waals surface area contributed by atoms with Crippen molar-refractivity contribution in [1.29, 1.82) is 5.26 Å². The normalized spacial score (nSPS) is 27.1. The van der Waals surface area contributed by atoms with Gasteiger partial charge in [-0.05, 0) is 18.6 Å². The summed E-state index contributed by atoms with van der Waals surface area (Å²) in [6, 6.07) is 9.88. The maximum absolute atomic E-state index is 10.4. The van der Waals surface area contributed by atoms with Gasteiger partial charge in [0.2, 0.25) is 0 Å². The van der Waals surface area contributed by atoms with Crippen LogP contribution in [0.4, 0.5) is 0 Å². The Hall–Kier alpha value is -1.37. The summed E-state index contributed by atoms with van der Waals surface area (Å²) in [6.07, 6.45) is 0. The van der Waals surface area contributed by atoms with E-state index in [4.69, 9.17) is 5.26 Å². The molecule has 0 unspecified atom stereocenters. The summed E-state index contributed by atoms with van der Waals surface area (Å²) in [6.45, 7) is 8.29. The quantitative estimate of drug-likeness (QED) is 0.867. The molecule has 1 fully saturated rings. The van der Waals surface area contributed by atoms with Crippen LogP contribution in [0.3, 0.4) is 0 Å². The number of hydrogen-bond acceptors (Lipinski definition) is 3. The standard InChI is InChI=1S/C15H20N2O/c1-14(2)10-17(11-15(14,3)18)9-13-7-5-4-6-12(13)8-16/h4-7,18H,9-11H2,1-3H3/t15-/m0/s1. The predicted molar refractivity (Wildman–Crippen MR) is 70.8 cm³/mol. The fourth-order valence-electron chi connectivity index (χ4n) is 2.55. The van der Waals surface area contributed by atoms with Crippen molar-refractivity contribution >= 4 is 0 Å². The summed E-state index contributed by atoms with van der Waals surface area (Å²) in [4.78, 5) is 2.22. The van der Waals surface area contributed by atoms with E-state index in [1.54, 1.807) is 0 Å². The lowest BCUT2D eigenvalue weighted by molar-refractivity contribution is -0.0111. The smallest absolute Gasteiger partial charge is 0.0995 e. The first-order valence-electron chi connectivity index (χ1n) is 6.28. The molecule has 3 heteroatoms. The zero-order chi connectivity index (χ0) is 13.4. The highest BCUT2D eigenvalue weighted by Gasteiger charge is 2.47. The minimum Gasteiger partial charge on any atom is -0.388 e. The van der Waals surface area contributed by atoms with Crippen molar-refractivity contribution in [1.82, 2.24) is 4.90 Å². The number of benzene rings is 1. The van der Waals surface area contributed by atoms with Crippen LogP contribution in [-0.4, -0.2) is 28.7 Å². The topological polar surface area (TPSA) is 47.3 Å². The van der Waals surface area contributed by atoms with E-state index >= 15 is 0 Å². The van der Waals surface area contributed by atoms with Gasteiger partial charge in [-0.25, -0.2) is 0 Å². The maximum Gasteiger partial charge on any atom is 0.0995 e. The minimum absolute atomic E-state index is 0.116. The van der Waals surface area contributed by atoms with Crippen LogP contribution in [0.15, 0.2) is 24.3 Å². The van der Waals surface area contributed by atoms with E-state index in [9.17, 15) is 5.11 Å². The van der Waals surface area contributed by atoms with Crippen LogP contribution in [0, 0.1) is 16.7 Å². The fourth-order valence-corrected chi connectivity index (χ4v) is 2.55. The molecule has 0 saturated carbocycles. The average Bonchev–Trinajstić information content (AvgIpc) is 2.47. The molecule has 2 rings (SSSR count). The zero-order valence-electron chi connectivity index (χ0n) is 11.3. The molecule has 0 spiro atoms. The molecule has 0 bridgehead atoms. The Balaban J connectivity index is 2.16. The van der Waals surface area contributed by atoms with Crippen molar-refractivity contribution in [3.8, 4) is 6.07 Å². The monoisotopic (exact) mass is 244 g/mol.